The molecule has 2 aromatic rings. The number of carbonyl (C=O) groups excluding carboxylic acids is 1. The van der Waals surface area contributed by atoms with Crippen molar-refractivity contribution < 1.29 is 28.8 Å². The quantitative estimate of drug-likeness (QED) is 0.529. The Balaban J connectivity index is 1.24. The van der Waals surface area contributed by atoms with E-state index in [2.05, 4.69) is 15.9 Å². The molecular weight excluding hydrogens is 502 g/mol. The lowest BCUT2D eigenvalue weighted by Crippen LogP contribution is -2.46. The molecule has 0 atom stereocenters. The van der Waals surface area contributed by atoms with E-state index in [0.717, 1.165) is 28.6 Å². The molecule has 0 spiro atoms. The summed E-state index contributed by atoms with van der Waals surface area (Å²) in [7, 11) is 0. The number of likely N-dealkylation sites (tertiary alicyclic amines) is 1. The van der Waals surface area contributed by atoms with E-state index in [0.29, 0.717) is 50.3 Å². The van der Waals surface area contributed by atoms with Crippen LogP contribution in [-0.2, 0) is 15.1 Å². The van der Waals surface area contributed by atoms with E-state index in [1.54, 1.807) is 4.90 Å². The van der Waals surface area contributed by atoms with Gasteiger partial charge in [0, 0.05) is 13.1 Å². The Labute approximate surface area is 209 Å². The first-order chi connectivity index (χ1) is 16.1. The van der Waals surface area contributed by atoms with E-state index in [4.69, 9.17) is 18.9 Å². The predicted molar refractivity (Wildman–Crippen MR) is 131 cm³/mol. The standard InChI is InChI=1S/C26H32BrNO6/c1-25(2,3)34-24(29)28-12-10-18(11-13-28)15-32-20-5-7-21(8-6-20)33-23-9-4-19(14-22(23)27)26(30)16-31-17-26/h4-9,14,18,30H,10-13,15-17H2,1-3H3. The summed E-state index contributed by atoms with van der Waals surface area (Å²) in [6.07, 6.45) is 1.55. The number of nitrogens with zero attached hydrogens (tertiary/aromatic N) is 1. The van der Waals surface area contributed by atoms with Gasteiger partial charge in [-0.3, -0.25) is 0 Å². The van der Waals surface area contributed by atoms with Crippen molar-refractivity contribution in [2.24, 2.45) is 5.92 Å². The Morgan fingerprint density at radius 3 is 2.32 bits per heavy atom. The summed E-state index contributed by atoms with van der Waals surface area (Å²) in [5, 5.41) is 10.4. The smallest absolute Gasteiger partial charge is 0.410 e. The second-order valence-electron chi connectivity index (χ2n) is 9.96. The number of hydrogen-bond acceptors (Lipinski definition) is 6. The number of amides is 1. The summed E-state index contributed by atoms with van der Waals surface area (Å²) in [6.45, 7) is 8.26. The minimum absolute atomic E-state index is 0.239. The van der Waals surface area contributed by atoms with Crippen LogP contribution in [0.25, 0.3) is 0 Å². The fraction of sp³-hybridized carbons (Fsp3) is 0.500. The van der Waals surface area contributed by atoms with Crippen LogP contribution in [0.3, 0.4) is 0 Å². The number of carbonyl (C=O) groups is 1. The van der Waals surface area contributed by atoms with E-state index >= 15 is 0 Å². The van der Waals surface area contributed by atoms with Crippen molar-refractivity contribution in [3.63, 3.8) is 0 Å². The van der Waals surface area contributed by atoms with Crippen LogP contribution in [-0.4, -0.2) is 54.6 Å². The molecule has 0 aliphatic carbocycles. The minimum Gasteiger partial charge on any atom is -0.493 e. The first-order valence-corrected chi connectivity index (χ1v) is 12.4. The summed E-state index contributed by atoms with van der Waals surface area (Å²) < 4.78 is 23.3. The SMILES string of the molecule is CC(C)(C)OC(=O)N1CCC(COc2ccc(Oc3ccc(C4(O)COC4)cc3Br)cc2)CC1. The highest BCUT2D eigenvalue weighted by Crippen LogP contribution is 2.36. The molecule has 2 aliphatic heterocycles. The molecule has 0 bridgehead atoms. The first-order valence-electron chi connectivity index (χ1n) is 11.6. The molecule has 0 saturated carbocycles. The summed E-state index contributed by atoms with van der Waals surface area (Å²) in [5.74, 6) is 2.54. The second kappa shape index (κ2) is 10.1. The van der Waals surface area contributed by atoms with Gasteiger partial charge in [-0.25, -0.2) is 4.79 Å². The van der Waals surface area contributed by atoms with Gasteiger partial charge < -0.3 is 29.0 Å². The maximum atomic E-state index is 12.2. The summed E-state index contributed by atoms with van der Waals surface area (Å²) in [6, 6.07) is 13.1. The van der Waals surface area contributed by atoms with Crippen LogP contribution in [0.2, 0.25) is 0 Å². The average molecular weight is 534 g/mol. The van der Waals surface area contributed by atoms with Gasteiger partial charge in [-0.05, 0) is 97.4 Å². The molecule has 184 valence electrons. The van der Waals surface area contributed by atoms with E-state index in [-0.39, 0.29) is 6.09 Å². The molecule has 34 heavy (non-hydrogen) atoms. The second-order valence-corrected chi connectivity index (χ2v) is 10.8. The molecule has 0 unspecified atom stereocenters. The van der Waals surface area contributed by atoms with Crippen LogP contribution in [0.5, 0.6) is 17.2 Å². The highest BCUT2D eigenvalue weighted by molar-refractivity contribution is 9.10. The maximum Gasteiger partial charge on any atom is 0.410 e. The van der Waals surface area contributed by atoms with Crippen LogP contribution in [0.15, 0.2) is 46.9 Å². The van der Waals surface area contributed by atoms with Crippen molar-refractivity contribution >= 4 is 22.0 Å². The molecule has 7 nitrogen and oxygen atoms in total. The van der Waals surface area contributed by atoms with Gasteiger partial charge >= 0.3 is 6.09 Å². The lowest BCUT2D eigenvalue weighted by molar-refractivity contribution is -0.184. The van der Waals surface area contributed by atoms with Crippen LogP contribution >= 0.6 is 15.9 Å². The monoisotopic (exact) mass is 533 g/mol. The third kappa shape index (κ3) is 6.23. The van der Waals surface area contributed by atoms with Gasteiger partial charge in [0.05, 0.1) is 24.3 Å². The van der Waals surface area contributed by atoms with Crippen molar-refractivity contribution in [1.29, 1.82) is 0 Å². The van der Waals surface area contributed by atoms with Gasteiger partial charge in [-0.2, -0.15) is 0 Å². The molecule has 2 fully saturated rings. The molecular formula is C26H32BrNO6. The Hall–Kier alpha value is -2.29. The van der Waals surface area contributed by atoms with Crippen LogP contribution in [0.4, 0.5) is 4.79 Å². The van der Waals surface area contributed by atoms with E-state index in [1.165, 1.54) is 0 Å². The number of aliphatic hydroxyl groups is 1. The first kappa shape index (κ1) is 24.8. The normalized spacial score (nSPS) is 18.2. The highest BCUT2D eigenvalue weighted by Gasteiger charge is 2.38. The Kier molecular flexibility index (Phi) is 7.40. The van der Waals surface area contributed by atoms with Crippen LogP contribution in [0.1, 0.15) is 39.2 Å². The lowest BCUT2D eigenvalue weighted by Gasteiger charge is -2.36. The summed E-state index contributed by atoms with van der Waals surface area (Å²) >= 11 is 3.53. The zero-order chi connectivity index (χ0) is 24.3. The fourth-order valence-electron chi connectivity index (χ4n) is 3.89. The number of piperidine rings is 1. The van der Waals surface area contributed by atoms with Crippen molar-refractivity contribution in [3.05, 3.63) is 52.5 Å². The number of benzene rings is 2. The van der Waals surface area contributed by atoms with Gasteiger partial charge in [0.25, 0.3) is 0 Å². The van der Waals surface area contributed by atoms with Crippen molar-refractivity contribution in [1.82, 2.24) is 4.90 Å². The number of hydrogen-bond donors (Lipinski definition) is 1. The third-order valence-corrected chi connectivity index (χ3v) is 6.57. The number of halogens is 1. The van der Waals surface area contributed by atoms with E-state index in [9.17, 15) is 9.90 Å². The predicted octanol–water partition coefficient (Wildman–Crippen LogP) is 5.49. The zero-order valence-electron chi connectivity index (χ0n) is 19.9. The minimum atomic E-state index is -0.910. The molecule has 2 heterocycles. The van der Waals surface area contributed by atoms with Gasteiger partial charge in [0.2, 0.25) is 0 Å². The van der Waals surface area contributed by atoms with Crippen molar-refractivity contribution in [3.8, 4) is 17.2 Å². The molecule has 0 aromatic heterocycles. The molecule has 1 N–H and O–H groups in total. The average Bonchev–Trinajstić information content (AvgIpc) is 2.77. The lowest BCUT2D eigenvalue weighted by atomic mass is 9.92. The number of ether oxygens (including phenoxy) is 4. The Morgan fingerprint density at radius 1 is 1.12 bits per heavy atom. The number of rotatable bonds is 6. The van der Waals surface area contributed by atoms with E-state index in [1.807, 2.05) is 63.2 Å². The zero-order valence-corrected chi connectivity index (χ0v) is 21.5. The Bertz CT molecular complexity index is 991. The molecule has 2 saturated heterocycles. The molecule has 2 aliphatic rings. The van der Waals surface area contributed by atoms with Gasteiger partial charge in [-0.15, -0.1) is 0 Å². The molecule has 4 rings (SSSR count). The van der Waals surface area contributed by atoms with Gasteiger partial charge in [0.1, 0.15) is 28.5 Å². The molecule has 8 heteroatoms. The van der Waals surface area contributed by atoms with E-state index < -0.39 is 11.2 Å². The van der Waals surface area contributed by atoms with Crippen LogP contribution < -0.4 is 9.47 Å². The maximum absolute atomic E-state index is 12.2. The van der Waals surface area contributed by atoms with Gasteiger partial charge in [-0.1, -0.05) is 6.07 Å². The summed E-state index contributed by atoms with van der Waals surface area (Å²) in [4.78, 5) is 14.0. The Morgan fingerprint density at radius 2 is 1.76 bits per heavy atom. The topological polar surface area (TPSA) is 77.5 Å². The molecule has 1 amide bonds. The van der Waals surface area contributed by atoms with Crippen molar-refractivity contribution in [2.45, 2.75) is 44.8 Å². The molecule has 0 radical (unpaired) electrons. The fourth-order valence-corrected chi connectivity index (χ4v) is 4.35. The van der Waals surface area contributed by atoms with Gasteiger partial charge in [0.15, 0.2) is 0 Å². The highest BCUT2D eigenvalue weighted by atomic mass is 79.9. The summed E-state index contributed by atoms with van der Waals surface area (Å²) in [5.41, 5.74) is -0.578. The van der Waals surface area contributed by atoms with Crippen LogP contribution in [0, 0.1) is 5.92 Å². The molecule has 2 aromatic carbocycles. The van der Waals surface area contributed by atoms with Crippen molar-refractivity contribution in [2.75, 3.05) is 32.9 Å². The third-order valence-electron chi connectivity index (χ3n) is 5.95. The largest absolute Gasteiger partial charge is 0.493 e.